The number of carbonyl (C=O) groups is 1. The lowest BCUT2D eigenvalue weighted by atomic mass is 10.0. The fourth-order valence-electron chi connectivity index (χ4n) is 3.05. The minimum Gasteiger partial charge on any atom is -0.493 e. The van der Waals surface area contributed by atoms with Gasteiger partial charge < -0.3 is 14.8 Å². The third-order valence-corrected chi connectivity index (χ3v) is 6.97. The van der Waals surface area contributed by atoms with Crippen LogP contribution in [0.15, 0.2) is 40.9 Å². The fourth-order valence-corrected chi connectivity index (χ4v) is 4.58. The van der Waals surface area contributed by atoms with Crippen LogP contribution in [0.4, 0.5) is 4.39 Å². The zero-order valence-corrected chi connectivity index (χ0v) is 22.6. The van der Waals surface area contributed by atoms with Gasteiger partial charge in [0.2, 0.25) is 15.9 Å². The van der Waals surface area contributed by atoms with Gasteiger partial charge in [-0.3, -0.25) is 4.79 Å². The number of sulfonamides is 1. The fraction of sp³-hybridized carbons (Fsp3) is 0.400. The van der Waals surface area contributed by atoms with Crippen LogP contribution in [0.3, 0.4) is 0 Å². The summed E-state index contributed by atoms with van der Waals surface area (Å²) < 4.78 is 51.1. The Hall–Kier alpha value is -2.61. The van der Waals surface area contributed by atoms with Crippen molar-refractivity contribution in [2.24, 2.45) is 5.92 Å². The smallest absolute Gasteiger partial charge is 0.238 e. The summed E-state index contributed by atoms with van der Waals surface area (Å²) in [6, 6.07) is 8.70. The first kappa shape index (κ1) is 28.6. The van der Waals surface area contributed by atoms with Crippen molar-refractivity contribution in [3.63, 3.8) is 0 Å². The minimum atomic E-state index is -3.50. The molecule has 1 unspecified atom stereocenters. The number of rotatable bonds is 11. The summed E-state index contributed by atoms with van der Waals surface area (Å²) >= 11 is 3.49. The highest BCUT2D eigenvalue weighted by Gasteiger charge is 2.26. The summed E-state index contributed by atoms with van der Waals surface area (Å²) in [6.45, 7) is 5.51. The number of benzene rings is 2. The largest absolute Gasteiger partial charge is 0.493 e. The highest BCUT2D eigenvalue weighted by Crippen LogP contribution is 2.36. The van der Waals surface area contributed by atoms with E-state index in [2.05, 4.69) is 37.8 Å². The predicted molar refractivity (Wildman–Crippen MR) is 137 cm³/mol. The Morgan fingerprint density at radius 3 is 2.49 bits per heavy atom. The molecule has 0 bridgehead atoms. The van der Waals surface area contributed by atoms with Crippen LogP contribution in [0, 0.1) is 23.6 Å². The zero-order valence-electron chi connectivity index (χ0n) is 20.2. The molecule has 0 heterocycles. The van der Waals surface area contributed by atoms with Crippen molar-refractivity contribution in [1.82, 2.24) is 10.0 Å². The van der Waals surface area contributed by atoms with Gasteiger partial charge in [-0.15, -0.1) is 0 Å². The third kappa shape index (κ3) is 9.17. The number of halogens is 2. The van der Waals surface area contributed by atoms with Gasteiger partial charge in [0, 0.05) is 12.1 Å². The van der Waals surface area contributed by atoms with Crippen LogP contribution in [0.5, 0.6) is 11.5 Å². The van der Waals surface area contributed by atoms with E-state index in [0.717, 1.165) is 5.56 Å². The van der Waals surface area contributed by atoms with Crippen molar-refractivity contribution >= 4 is 31.9 Å². The summed E-state index contributed by atoms with van der Waals surface area (Å²) in [5, 5.41) is 2.80. The lowest BCUT2D eigenvalue weighted by molar-refractivity contribution is -0.123. The maximum atomic E-state index is 13.0. The predicted octanol–water partition coefficient (Wildman–Crippen LogP) is 3.65. The van der Waals surface area contributed by atoms with E-state index in [1.165, 1.54) is 26.2 Å². The Morgan fingerprint density at radius 1 is 1.20 bits per heavy atom. The molecule has 0 fully saturated rings. The Labute approximate surface area is 215 Å². The van der Waals surface area contributed by atoms with Crippen LogP contribution in [0.25, 0.3) is 0 Å². The molecule has 0 saturated carbocycles. The highest BCUT2D eigenvalue weighted by molar-refractivity contribution is 9.10. The average Bonchev–Trinajstić information content (AvgIpc) is 2.81. The molecule has 2 aromatic carbocycles. The average molecular weight is 569 g/mol. The lowest BCUT2D eigenvalue weighted by Gasteiger charge is -2.21. The van der Waals surface area contributed by atoms with Crippen molar-refractivity contribution in [1.29, 1.82) is 0 Å². The van der Waals surface area contributed by atoms with Crippen LogP contribution in [0.2, 0.25) is 0 Å². The van der Waals surface area contributed by atoms with Crippen LogP contribution >= 0.6 is 15.9 Å². The van der Waals surface area contributed by atoms with E-state index >= 15 is 0 Å². The first-order valence-electron chi connectivity index (χ1n) is 11.1. The van der Waals surface area contributed by atoms with Crippen LogP contribution in [0.1, 0.15) is 31.9 Å². The number of nitrogens with one attached hydrogen (secondary N) is 2. The van der Waals surface area contributed by atoms with Crippen molar-refractivity contribution in [3.8, 4) is 23.3 Å². The standard InChI is InChI=1S/C25H30BrFN2O5S/c1-5-35(31,32)29-23(17(2)3)25(30)28-13-12-19-15-21(26)24(22(16-19)33-4)34-14-6-7-18-8-10-20(27)11-9-18/h8-11,15-17,23,29H,5,12-14H2,1-4H3,(H,28,30). The van der Waals surface area contributed by atoms with Crippen LogP contribution in [-0.4, -0.2) is 46.4 Å². The zero-order chi connectivity index (χ0) is 26.0. The minimum absolute atomic E-state index is 0.0937. The van der Waals surface area contributed by atoms with Gasteiger partial charge in [0.25, 0.3) is 0 Å². The summed E-state index contributed by atoms with van der Waals surface area (Å²) in [5.74, 6) is 5.79. The molecule has 2 aromatic rings. The molecular formula is C25H30BrFN2O5S. The monoisotopic (exact) mass is 568 g/mol. The normalized spacial score (nSPS) is 12.0. The summed E-state index contributed by atoms with van der Waals surface area (Å²) in [7, 11) is -1.98. The van der Waals surface area contributed by atoms with Gasteiger partial charge in [0.1, 0.15) is 18.5 Å². The molecule has 0 radical (unpaired) electrons. The number of ether oxygens (including phenoxy) is 2. The van der Waals surface area contributed by atoms with Crippen molar-refractivity contribution in [2.75, 3.05) is 26.0 Å². The van der Waals surface area contributed by atoms with Crippen LogP contribution < -0.4 is 19.5 Å². The van der Waals surface area contributed by atoms with Gasteiger partial charge in [0.15, 0.2) is 11.5 Å². The molecule has 0 aliphatic heterocycles. The molecule has 0 aliphatic carbocycles. The summed E-state index contributed by atoms with van der Waals surface area (Å²) in [5.41, 5.74) is 1.56. The Morgan fingerprint density at radius 2 is 1.89 bits per heavy atom. The molecular weight excluding hydrogens is 539 g/mol. The van der Waals surface area contributed by atoms with E-state index in [9.17, 15) is 17.6 Å². The molecule has 1 atom stereocenters. The number of amides is 1. The number of hydrogen-bond acceptors (Lipinski definition) is 5. The van der Waals surface area contributed by atoms with Gasteiger partial charge in [-0.05, 0) is 77.2 Å². The molecule has 1 amide bonds. The molecule has 0 saturated heterocycles. The molecule has 35 heavy (non-hydrogen) atoms. The topological polar surface area (TPSA) is 93.7 Å². The molecule has 0 aromatic heterocycles. The van der Waals surface area contributed by atoms with Gasteiger partial charge in [-0.25, -0.2) is 17.5 Å². The van der Waals surface area contributed by atoms with E-state index in [0.29, 0.717) is 34.5 Å². The maximum Gasteiger partial charge on any atom is 0.238 e. The van der Waals surface area contributed by atoms with Crippen LogP contribution in [-0.2, 0) is 21.2 Å². The van der Waals surface area contributed by atoms with E-state index in [1.54, 1.807) is 32.0 Å². The van der Waals surface area contributed by atoms with Gasteiger partial charge in [-0.2, -0.15) is 0 Å². The quantitative estimate of drug-likeness (QED) is 0.403. The first-order valence-corrected chi connectivity index (χ1v) is 13.5. The SMILES string of the molecule is CCS(=O)(=O)NC(C(=O)NCCc1cc(Br)c(OCC#Cc2ccc(F)cc2)c(OC)c1)C(C)C. The van der Waals surface area contributed by atoms with E-state index in [1.807, 2.05) is 6.07 Å². The Kier molecular flexibility index (Phi) is 11.0. The molecule has 2 N–H and O–H groups in total. The number of methoxy groups -OCH3 is 1. The molecule has 0 aliphatic rings. The maximum absolute atomic E-state index is 13.0. The first-order chi connectivity index (χ1) is 16.6. The number of hydrogen-bond donors (Lipinski definition) is 2. The summed E-state index contributed by atoms with van der Waals surface area (Å²) in [6.07, 6.45) is 0.497. The second-order valence-corrected chi connectivity index (χ2v) is 10.9. The Bertz CT molecular complexity index is 1170. The van der Waals surface area contributed by atoms with Crippen molar-refractivity contribution in [2.45, 2.75) is 33.2 Å². The second kappa shape index (κ2) is 13.5. The second-order valence-electron chi connectivity index (χ2n) is 7.99. The summed E-state index contributed by atoms with van der Waals surface area (Å²) in [4.78, 5) is 12.6. The molecule has 10 heteroatoms. The van der Waals surface area contributed by atoms with Gasteiger partial charge in [0.05, 0.1) is 17.3 Å². The molecule has 2 rings (SSSR count). The number of carbonyl (C=O) groups excluding carboxylic acids is 1. The van der Waals surface area contributed by atoms with Crippen molar-refractivity contribution < 1.29 is 27.1 Å². The Balaban J connectivity index is 1.98. The van der Waals surface area contributed by atoms with Gasteiger partial charge >= 0.3 is 0 Å². The van der Waals surface area contributed by atoms with E-state index in [-0.39, 0.29) is 30.0 Å². The molecule has 0 spiro atoms. The van der Waals surface area contributed by atoms with Gasteiger partial charge in [-0.1, -0.05) is 25.7 Å². The van der Waals surface area contributed by atoms with Crippen molar-refractivity contribution in [3.05, 3.63) is 57.8 Å². The molecule has 190 valence electrons. The third-order valence-electron chi connectivity index (χ3n) is 5.00. The highest BCUT2D eigenvalue weighted by atomic mass is 79.9. The van der Waals surface area contributed by atoms with E-state index < -0.39 is 16.1 Å². The van der Waals surface area contributed by atoms with E-state index in [4.69, 9.17) is 9.47 Å². The lowest BCUT2D eigenvalue weighted by Crippen LogP contribution is -2.50. The molecule has 7 nitrogen and oxygen atoms in total.